The molecule has 9 N–H and O–H groups in total. The highest BCUT2D eigenvalue weighted by Crippen LogP contribution is 2.41. The van der Waals surface area contributed by atoms with E-state index in [1.807, 2.05) is 37.3 Å². The maximum absolute atomic E-state index is 13.6. The van der Waals surface area contributed by atoms with Gasteiger partial charge >= 0.3 is 12.0 Å². The number of anilines is 1. The molecule has 1 spiro atoms. The van der Waals surface area contributed by atoms with Crippen molar-refractivity contribution in [3.05, 3.63) is 77.9 Å². The molecule has 0 aromatic heterocycles. The zero-order chi connectivity index (χ0) is 31.0. The molecule has 4 aliphatic heterocycles. The number of carbonyl (C=O) groups excluding carboxylic acids is 3. The van der Waals surface area contributed by atoms with E-state index in [-0.39, 0.29) is 31.6 Å². The Morgan fingerprint density at radius 3 is 2.57 bits per heavy atom. The molecule has 44 heavy (non-hydrogen) atoms. The molecule has 2 saturated heterocycles. The summed E-state index contributed by atoms with van der Waals surface area (Å²) in [6, 6.07) is 16.2. The average Bonchev–Trinajstić information content (AvgIpc) is 3.58. The standard InChI is InChI=1S/C30H31N9O5/c1-16-7-5-11-19-18(16)10-6-12-20(19)25(41)34-22-14-39-27(32)33-21(24-29(39,30(22,43)44)36-26(31)35-24)13-38-23(40)15-37(28(38)42)17-8-3-2-4-9-17/h2-12,21-22,24,43-44H,13-15H2,1H3,(H2,32,33)(H,34,41)(H3,31,35,36)/p+1/t21-,22?,24-,29-/m0/s1. The van der Waals surface area contributed by atoms with E-state index in [0.717, 1.165) is 21.2 Å². The van der Waals surface area contributed by atoms with Crippen LogP contribution < -0.4 is 32.0 Å². The molecule has 4 heterocycles. The van der Waals surface area contributed by atoms with Crippen LogP contribution in [0.4, 0.5) is 10.5 Å². The average molecular weight is 599 g/mol. The first-order chi connectivity index (χ1) is 21.0. The molecule has 0 bridgehead atoms. The van der Waals surface area contributed by atoms with Gasteiger partial charge in [-0.2, -0.15) is 0 Å². The van der Waals surface area contributed by atoms with Crippen molar-refractivity contribution in [3.63, 3.8) is 0 Å². The number of aliphatic imine (C=N–C) groups is 1. The van der Waals surface area contributed by atoms with Crippen LogP contribution in [0.15, 0.2) is 71.7 Å². The Balaban J connectivity index is 1.18. The van der Waals surface area contributed by atoms with Gasteiger partial charge in [-0.25, -0.2) is 15.1 Å². The number of nitrogens with zero attached hydrogens (tertiary/aromatic N) is 4. The van der Waals surface area contributed by atoms with Crippen LogP contribution in [0.25, 0.3) is 10.8 Å². The first kappa shape index (κ1) is 27.6. The molecular formula is C30H32N9O5+. The number of hydrogen-bond donors (Lipinski definition) is 7. The minimum atomic E-state index is -2.64. The van der Waals surface area contributed by atoms with Gasteiger partial charge in [0.05, 0.1) is 13.1 Å². The van der Waals surface area contributed by atoms with Gasteiger partial charge in [0.2, 0.25) is 5.79 Å². The predicted octanol–water partition coefficient (Wildman–Crippen LogP) is -2.53. The van der Waals surface area contributed by atoms with E-state index in [4.69, 9.17) is 11.5 Å². The fourth-order valence-corrected chi connectivity index (χ4v) is 6.94. The van der Waals surface area contributed by atoms with Crippen molar-refractivity contribution in [2.24, 2.45) is 16.5 Å². The summed E-state index contributed by atoms with van der Waals surface area (Å²) in [6.07, 6.45) is 0. The number of carbonyl (C=O) groups is 3. The summed E-state index contributed by atoms with van der Waals surface area (Å²) in [7, 11) is 0. The predicted molar refractivity (Wildman–Crippen MR) is 160 cm³/mol. The number of para-hydroxylation sites is 1. The van der Waals surface area contributed by atoms with Crippen molar-refractivity contribution in [3.8, 4) is 0 Å². The summed E-state index contributed by atoms with van der Waals surface area (Å²) < 4.78 is 0. The Morgan fingerprint density at radius 1 is 1.07 bits per heavy atom. The van der Waals surface area contributed by atoms with Crippen LogP contribution in [0.2, 0.25) is 0 Å². The van der Waals surface area contributed by atoms with Gasteiger partial charge < -0.3 is 21.3 Å². The Bertz CT molecular complexity index is 1780. The minimum absolute atomic E-state index is 0.0175. The summed E-state index contributed by atoms with van der Waals surface area (Å²) in [5, 5.41) is 31.0. The number of urea groups is 1. The SMILES string of the molecule is Cc1cccc2c(C(=O)NC3CN4C(N)=N[C@@H](CN5C(=O)CN(c6ccccc6)C5=O)[C@@H]5[NH+]=C(N)N[C@@]54C3(O)O)cccc12. The summed E-state index contributed by atoms with van der Waals surface area (Å²) in [4.78, 5) is 51.4. The van der Waals surface area contributed by atoms with Crippen molar-refractivity contribution in [2.45, 2.75) is 36.5 Å². The van der Waals surface area contributed by atoms with Crippen LogP contribution >= 0.6 is 0 Å². The van der Waals surface area contributed by atoms with Crippen molar-refractivity contribution in [1.82, 2.24) is 20.4 Å². The van der Waals surface area contributed by atoms with Crippen LogP contribution in [0.3, 0.4) is 0 Å². The molecule has 4 amide bonds. The number of guanidine groups is 2. The number of aliphatic hydroxyl groups is 2. The second kappa shape index (κ2) is 9.65. The Labute approximate surface area is 251 Å². The number of nitrogens with two attached hydrogens (primary N) is 2. The first-order valence-electron chi connectivity index (χ1n) is 14.2. The molecule has 0 aliphatic carbocycles. The molecule has 14 nitrogen and oxygen atoms in total. The lowest BCUT2D eigenvalue weighted by molar-refractivity contribution is -0.521. The van der Waals surface area contributed by atoms with E-state index in [1.54, 1.807) is 36.4 Å². The number of hydrogen-bond acceptors (Lipinski definition) is 10. The number of rotatable bonds is 5. The van der Waals surface area contributed by atoms with Crippen LogP contribution in [0.1, 0.15) is 15.9 Å². The first-order valence-corrected chi connectivity index (χ1v) is 14.2. The second-order valence-electron chi connectivity index (χ2n) is 11.5. The normalized spacial score (nSPS) is 27.2. The van der Waals surface area contributed by atoms with Crippen molar-refractivity contribution in [2.75, 3.05) is 24.5 Å². The number of fused-ring (bicyclic) bond motifs is 1. The summed E-state index contributed by atoms with van der Waals surface area (Å²) >= 11 is 0. The summed E-state index contributed by atoms with van der Waals surface area (Å²) in [5.41, 5.74) is 12.7. The molecule has 1 unspecified atom stereocenters. The number of benzene rings is 3. The lowest BCUT2D eigenvalue weighted by Gasteiger charge is -2.46. The van der Waals surface area contributed by atoms with Gasteiger partial charge in [0, 0.05) is 11.3 Å². The Morgan fingerprint density at radius 2 is 1.80 bits per heavy atom. The van der Waals surface area contributed by atoms with Gasteiger partial charge in [-0.1, -0.05) is 48.5 Å². The Hall–Kier alpha value is -5.21. The molecule has 3 aromatic rings. The maximum atomic E-state index is 13.6. The molecule has 7 rings (SSSR count). The third-order valence-corrected chi connectivity index (χ3v) is 9.07. The van der Waals surface area contributed by atoms with Gasteiger partial charge in [0.25, 0.3) is 17.5 Å². The van der Waals surface area contributed by atoms with Gasteiger partial charge in [0.1, 0.15) is 18.6 Å². The smallest absolute Gasteiger partial charge is 0.343 e. The Kier molecular flexibility index (Phi) is 6.06. The van der Waals surface area contributed by atoms with Crippen molar-refractivity contribution >= 4 is 46.2 Å². The van der Waals surface area contributed by atoms with Gasteiger partial charge in [-0.05, 0) is 41.5 Å². The van der Waals surface area contributed by atoms with Crippen LogP contribution in [-0.2, 0) is 4.79 Å². The molecule has 4 atom stereocenters. The molecule has 4 aliphatic rings. The highest BCUT2D eigenvalue weighted by atomic mass is 16.5. The van der Waals surface area contributed by atoms with E-state index in [2.05, 4.69) is 20.6 Å². The molecule has 3 aromatic carbocycles. The number of aryl methyl sites for hydroxylation is 1. The van der Waals surface area contributed by atoms with Gasteiger partial charge in [0.15, 0.2) is 12.0 Å². The fraction of sp³-hybridized carbons (Fsp3) is 0.300. The lowest BCUT2D eigenvalue weighted by Crippen LogP contribution is -2.90. The van der Waals surface area contributed by atoms with E-state index >= 15 is 0 Å². The summed E-state index contributed by atoms with van der Waals surface area (Å²) in [5.74, 6) is -3.64. The van der Waals surface area contributed by atoms with Crippen LogP contribution in [0, 0.1) is 6.92 Å². The lowest BCUT2D eigenvalue weighted by atomic mass is 9.84. The summed E-state index contributed by atoms with van der Waals surface area (Å²) in [6.45, 7) is 1.48. The zero-order valence-electron chi connectivity index (χ0n) is 23.8. The molecule has 0 saturated carbocycles. The molecule has 226 valence electrons. The van der Waals surface area contributed by atoms with Gasteiger partial charge in [-0.3, -0.25) is 35.0 Å². The third kappa shape index (κ3) is 3.84. The van der Waals surface area contributed by atoms with Crippen LogP contribution in [-0.4, -0.2) is 99.0 Å². The second-order valence-corrected chi connectivity index (χ2v) is 11.5. The molecular weight excluding hydrogens is 566 g/mol. The van der Waals surface area contributed by atoms with Crippen molar-refractivity contribution in [1.29, 1.82) is 0 Å². The zero-order valence-corrected chi connectivity index (χ0v) is 23.8. The molecule has 14 heteroatoms. The third-order valence-electron chi connectivity index (χ3n) is 9.07. The van der Waals surface area contributed by atoms with E-state index in [0.29, 0.717) is 11.3 Å². The monoisotopic (exact) mass is 598 g/mol. The highest BCUT2D eigenvalue weighted by Gasteiger charge is 2.76. The maximum Gasteiger partial charge on any atom is 0.343 e. The molecule has 2 fully saturated rings. The number of imide groups is 1. The van der Waals surface area contributed by atoms with Crippen molar-refractivity contribution < 1.29 is 29.6 Å². The number of nitrogens with one attached hydrogen (secondary N) is 3. The minimum Gasteiger partial charge on any atom is -0.370 e. The fourth-order valence-electron chi connectivity index (χ4n) is 6.94. The van der Waals surface area contributed by atoms with Gasteiger partial charge in [-0.15, -0.1) is 0 Å². The topological polar surface area (TPSA) is 204 Å². The van der Waals surface area contributed by atoms with E-state index in [1.165, 1.54) is 9.80 Å². The van der Waals surface area contributed by atoms with E-state index in [9.17, 15) is 24.6 Å². The highest BCUT2D eigenvalue weighted by molar-refractivity contribution is 6.12. The number of amides is 4. The molecule has 0 radical (unpaired) electrons. The quantitative estimate of drug-likeness (QED) is 0.122. The largest absolute Gasteiger partial charge is 0.370 e. The van der Waals surface area contributed by atoms with Crippen LogP contribution in [0.5, 0.6) is 0 Å². The van der Waals surface area contributed by atoms with E-state index < -0.39 is 47.4 Å².